The second kappa shape index (κ2) is 5.72. The summed E-state index contributed by atoms with van der Waals surface area (Å²) in [5.74, 6) is 0.478. The van der Waals surface area contributed by atoms with Crippen LogP contribution < -0.4 is 0 Å². The molecule has 1 saturated carbocycles. The Kier molecular flexibility index (Phi) is 4.81. The van der Waals surface area contributed by atoms with Crippen LogP contribution in [0.5, 0.6) is 0 Å². The average molecular weight is 249 g/mol. The van der Waals surface area contributed by atoms with Crippen LogP contribution in [0, 0.1) is 22.7 Å². The van der Waals surface area contributed by atoms with Gasteiger partial charge in [-0.3, -0.25) is 0 Å². The van der Waals surface area contributed by atoms with Crippen LogP contribution in [0.3, 0.4) is 0 Å². The van der Waals surface area contributed by atoms with Crippen LogP contribution >= 0.6 is 0 Å². The van der Waals surface area contributed by atoms with E-state index in [2.05, 4.69) is 17.7 Å². The third kappa shape index (κ3) is 4.95. The molecule has 0 N–H and O–H groups in total. The molecule has 0 saturated heterocycles. The van der Waals surface area contributed by atoms with E-state index >= 15 is 0 Å². The summed E-state index contributed by atoms with van der Waals surface area (Å²) in [7, 11) is 0. The smallest absolute Gasteiger partial charge is 0.372 e. The standard InChI is InChI=1S/C12H18F3NO/c1-10-3-2-4-11(7-10,8-16)5-6-17-9-12(13,14)15/h10H,2-7,9H2,1H3. The predicted molar refractivity (Wildman–Crippen MR) is 57.2 cm³/mol. The summed E-state index contributed by atoms with van der Waals surface area (Å²) < 4.78 is 40.2. The molecule has 98 valence electrons. The number of halogens is 3. The van der Waals surface area contributed by atoms with E-state index in [-0.39, 0.29) is 6.61 Å². The Labute approximate surface area is 99.8 Å². The lowest BCUT2D eigenvalue weighted by atomic mass is 9.69. The Balaban J connectivity index is 2.35. The second-order valence-corrected chi connectivity index (χ2v) is 5.01. The Hall–Kier alpha value is -0.760. The maximum Gasteiger partial charge on any atom is 0.411 e. The Bertz CT molecular complexity index is 284. The highest BCUT2D eigenvalue weighted by Gasteiger charge is 2.35. The summed E-state index contributed by atoms with van der Waals surface area (Å²) in [4.78, 5) is 0. The third-order valence-corrected chi connectivity index (χ3v) is 3.32. The van der Waals surface area contributed by atoms with E-state index < -0.39 is 18.2 Å². The molecule has 17 heavy (non-hydrogen) atoms. The molecule has 2 nitrogen and oxygen atoms in total. The molecule has 0 aliphatic heterocycles. The molecule has 1 aliphatic rings. The van der Waals surface area contributed by atoms with Gasteiger partial charge in [0.15, 0.2) is 0 Å². The minimum absolute atomic E-state index is 0.0137. The number of rotatable bonds is 4. The van der Waals surface area contributed by atoms with E-state index in [0.29, 0.717) is 12.3 Å². The van der Waals surface area contributed by atoms with E-state index in [1.54, 1.807) is 0 Å². The van der Waals surface area contributed by atoms with Gasteiger partial charge in [0.1, 0.15) is 6.61 Å². The van der Waals surface area contributed by atoms with Crippen molar-refractivity contribution in [1.29, 1.82) is 5.26 Å². The number of hydrogen-bond donors (Lipinski definition) is 0. The van der Waals surface area contributed by atoms with Crippen LogP contribution in [0.4, 0.5) is 13.2 Å². The summed E-state index contributed by atoms with van der Waals surface area (Å²) in [6, 6.07) is 2.28. The SMILES string of the molecule is CC1CCCC(C#N)(CCOCC(F)(F)F)C1. The lowest BCUT2D eigenvalue weighted by molar-refractivity contribution is -0.175. The molecular formula is C12H18F3NO. The molecule has 0 radical (unpaired) electrons. The van der Waals surface area contributed by atoms with Gasteiger partial charge in [0.05, 0.1) is 11.5 Å². The van der Waals surface area contributed by atoms with Crippen molar-refractivity contribution in [1.82, 2.24) is 0 Å². The van der Waals surface area contributed by atoms with Gasteiger partial charge in [-0.25, -0.2) is 0 Å². The normalized spacial score (nSPS) is 29.9. The molecule has 0 spiro atoms. The maximum atomic E-state index is 11.9. The first-order chi connectivity index (χ1) is 7.87. The lowest BCUT2D eigenvalue weighted by Gasteiger charge is -2.34. The summed E-state index contributed by atoms with van der Waals surface area (Å²) in [6.45, 7) is 0.881. The van der Waals surface area contributed by atoms with Crippen molar-refractivity contribution in [3.63, 3.8) is 0 Å². The fourth-order valence-corrected chi connectivity index (χ4v) is 2.50. The highest BCUT2D eigenvalue weighted by Crippen LogP contribution is 2.41. The molecule has 1 fully saturated rings. The van der Waals surface area contributed by atoms with Crippen LogP contribution in [-0.2, 0) is 4.74 Å². The first-order valence-corrected chi connectivity index (χ1v) is 5.93. The summed E-state index contributed by atoms with van der Waals surface area (Å²) in [5.41, 5.74) is -0.469. The van der Waals surface area contributed by atoms with Gasteiger partial charge >= 0.3 is 6.18 Å². The first kappa shape index (κ1) is 14.3. The van der Waals surface area contributed by atoms with Gasteiger partial charge < -0.3 is 4.74 Å². The zero-order valence-electron chi connectivity index (χ0n) is 10.0. The molecule has 0 amide bonds. The number of nitriles is 1. The lowest BCUT2D eigenvalue weighted by Crippen LogP contribution is -2.28. The first-order valence-electron chi connectivity index (χ1n) is 5.93. The molecule has 0 aromatic rings. The summed E-state index contributed by atoms with van der Waals surface area (Å²) in [5, 5.41) is 9.19. The Morgan fingerprint density at radius 2 is 2.18 bits per heavy atom. The van der Waals surface area contributed by atoms with Crippen molar-refractivity contribution in [3.05, 3.63) is 0 Å². The van der Waals surface area contributed by atoms with Crippen LogP contribution in [0.25, 0.3) is 0 Å². The largest absolute Gasteiger partial charge is 0.411 e. The second-order valence-electron chi connectivity index (χ2n) is 5.01. The van der Waals surface area contributed by atoms with Gasteiger partial charge in [-0.15, -0.1) is 0 Å². The minimum atomic E-state index is -4.28. The van der Waals surface area contributed by atoms with E-state index in [9.17, 15) is 18.4 Å². The third-order valence-electron chi connectivity index (χ3n) is 3.32. The average Bonchev–Trinajstić information content (AvgIpc) is 2.23. The quantitative estimate of drug-likeness (QED) is 0.712. The molecule has 5 heteroatoms. The monoisotopic (exact) mass is 249 g/mol. The highest BCUT2D eigenvalue weighted by molar-refractivity contribution is 5.01. The predicted octanol–water partition coefficient (Wildman–Crippen LogP) is 3.68. The molecule has 0 heterocycles. The van der Waals surface area contributed by atoms with Gasteiger partial charge in [0.25, 0.3) is 0 Å². The summed E-state index contributed by atoms with van der Waals surface area (Å²) >= 11 is 0. The van der Waals surface area contributed by atoms with Gasteiger partial charge in [-0.2, -0.15) is 18.4 Å². The van der Waals surface area contributed by atoms with E-state index in [4.69, 9.17) is 0 Å². The van der Waals surface area contributed by atoms with Gasteiger partial charge in [0, 0.05) is 6.61 Å². The molecule has 0 aromatic carbocycles. The Morgan fingerprint density at radius 3 is 2.71 bits per heavy atom. The fourth-order valence-electron chi connectivity index (χ4n) is 2.50. The molecule has 1 rings (SSSR count). The number of nitrogens with zero attached hydrogens (tertiary/aromatic N) is 1. The number of ether oxygens (including phenoxy) is 1. The highest BCUT2D eigenvalue weighted by atomic mass is 19.4. The Morgan fingerprint density at radius 1 is 1.47 bits per heavy atom. The molecule has 1 aliphatic carbocycles. The van der Waals surface area contributed by atoms with Gasteiger partial charge in [-0.05, 0) is 25.2 Å². The van der Waals surface area contributed by atoms with Crippen molar-refractivity contribution in [2.45, 2.75) is 45.2 Å². The molecule has 0 bridgehead atoms. The maximum absolute atomic E-state index is 11.9. The van der Waals surface area contributed by atoms with E-state index in [0.717, 1.165) is 25.7 Å². The van der Waals surface area contributed by atoms with Crippen LogP contribution in [-0.4, -0.2) is 19.4 Å². The van der Waals surface area contributed by atoms with Crippen LogP contribution in [0.15, 0.2) is 0 Å². The van der Waals surface area contributed by atoms with Gasteiger partial charge in [-0.1, -0.05) is 19.8 Å². The molecule has 2 atom stereocenters. The van der Waals surface area contributed by atoms with Crippen molar-refractivity contribution in [2.75, 3.05) is 13.2 Å². The van der Waals surface area contributed by atoms with E-state index in [1.807, 2.05) is 0 Å². The molecule has 2 unspecified atom stereocenters. The van der Waals surface area contributed by atoms with Crippen molar-refractivity contribution < 1.29 is 17.9 Å². The number of hydrogen-bond acceptors (Lipinski definition) is 2. The minimum Gasteiger partial charge on any atom is -0.372 e. The topological polar surface area (TPSA) is 33.0 Å². The van der Waals surface area contributed by atoms with Crippen molar-refractivity contribution in [2.24, 2.45) is 11.3 Å². The zero-order chi connectivity index (χ0) is 12.9. The summed E-state index contributed by atoms with van der Waals surface area (Å²) in [6.07, 6.45) is -0.230. The van der Waals surface area contributed by atoms with Crippen molar-refractivity contribution >= 4 is 0 Å². The fraction of sp³-hybridized carbons (Fsp3) is 0.917. The zero-order valence-corrected chi connectivity index (χ0v) is 10.0. The van der Waals surface area contributed by atoms with Crippen molar-refractivity contribution in [3.8, 4) is 6.07 Å². The van der Waals surface area contributed by atoms with E-state index in [1.165, 1.54) is 0 Å². The molecular weight excluding hydrogens is 231 g/mol. The van der Waals surface area contributed by atoms with Crippen LogP contribution in [0.2, 0.25) is 0 Å². The number of alkyl halides is 3. The molecule has 0 aromatic heterocycles. The van der Waals surface area contributed by atoms with Gasteiger partial charge in [0.2, 0.25) is 0 Å². The van der Waals surface area contributed by atoms with Crippen LogP contribution in [0.1, 0.15) is 39.0 Å².